The summed E-state index contributed by atoms with van der Waals surface area (Å²) < 4.78 is 0.874. The number of amides is 3. The van der Waals surface area contributed by atoms with Gasteiger partial charge in [0.05, 0.1) is 0 Å². The largest absolute Gasteiger partial charge is 0.361 e. The zero-order valence-corrected chi connectivity index (χ0v) is 11.7. The molecular weight excluding hydrogens is 324 g/mol. The monoisotopic (exact) mass is 332 g/mol. The van der Waals surface area contributed by atoms with Crippen molar-refractivity contribution in [1.82, 2.24) is 10.3 Å². The number of hydrogen-bond acceptors (Lipinski definition) is 3. The van der Waals surface area contributed by atoms with Gasteiger partial charge in [-0.25, -0.2) is 4.79 Å². The fraction of sp³-hybridized carbons (Fsp3) is 0. The van der Waals surface area contributed by atoms with Gasteiger partial charge in [-0.2, -0.15) is 5.26 Å². The number of fused-ring (bicyclic) bond motifs is 1. The maximum Gasteiger partial charge on any atom is 0.319 e. The molecule has 0 saturated heterocycles. The fourth-order valence-corrected chi connectivity index (χ4v) is 2.08. The summed E-state index contributed by atoms with van der Waals surface area (Å²) in [7, 11) is 0. The molecule has 1 aromatic heterocycles. The minimum Gasteiger partial charge on any atom is -0.361 e. The number of rotatable bonds is 2. The first-order valence-corrected chi connectivity index (χ1v) is 6.30. The number of nitrogens with two attached hydrogens (primary N) is 1. The van der Waals surface area contributed by atoms with Gasteiger partial charge in [0.25, 0.3) is 5.91 Å². The van der Waals surface area contributed by atoms with Crippen LogP contribution < -0.4 is 11.1 Å². The van der Waals surface area contributed by atoms with Crippen LogP contribution in [-0.2, 0) is 4.79 Å². The number of hydrogen-bond donors (Lipinski definition) is 3. The Kier molecular flexibility index (Phi) is 3.86. The van der Waals surface area contributed by atoms with Crippen molar-refractivity contribution in [2.75, 3.05) is 0 Å². The van der Waals surface area contributed by atoms with Gasteiger partial charge >= 0.3 is 6.03 Å². The Labute approximate surface area is 122 Å². The van der Waals surface area contributed by atoms with Crippen molar-refractivity contribution in [2.45, 2.75) is 0 Å². The number of halogens is 1. The lowest BCUT2D eigenvalue weighted by atomic mass is 10.1. The van der Waals surface area contributed by atoms with Gasteiger partial charge in [0.15, 0.2) is 0 Å². The van der Waals surface area contributed by atoms with Crippen LogP contribution in [0.1, 0.15) is 5.56 Å². The Morgan fingerprint density at radius 1 is 1.45 bits per heavy atom. The van der Waals surface area contributed by atoms with Crippen LogP contribution in [0.3, 0.4) is 0 Å². The molecule has 0 spiro atoms. The van der Waals surface area contributed by atoms with E-state index in [0.717, 1.165) is 15.4 Å². The summed E-state index contributed by atoms with van der Waals surface area (Å²) in [5.74, 6) is -0.829. The molecule has 3 amide bonds. The molecule has 0 atom stereocenters. The maximum absolute atomic E-state index is 11.6. The number of nitrogens with zero attached hydrogens (tertiary/aromatic N) is 1. The van der Waals surface area contributed by atoms with Gasteiger partial charge in [0.2, 0.25) is 0 Å². The van der Waals surface area contributed by atoms with E-state index in [9.17, 15) is 9.59 Å². The van der Waals surface area contributed by atoms with E-state index < -0.39 is 11.9 Å². The number of benzene rings is 1. The molecule has 0 aliphatic rings. The van der Waals surface area contributed by atoms with Crippen molar-refractivity contribution in [3.8, 4) is 6.07 Å². The van der Waals surface area contributed by atoms with E-state index >= 15 is 0 Å². The number of urea groups is 1. The predicted octanol–water partition coefficient (Wildman–Crippen LogP) is 2.03. The summed E-state index contributed by atoms with van der Waals surface area (Å²) in [6.07, 6.45) is 3.07. The first-order chi connectivity index (χ1) is 9.51. The van der Waals surface area contributed by atoms with E-state index in [1.807, 2.05) is 23.5 Å². The third kappa shape index (κ3) is 2.87. The first-order valence-electron chi connectivity index (χ1n) is 5.50. The predicted molar refractivity (Wildman–Crippen MR) is 77.3 cm³/mol. The molecule has 7 heteroatoms. The number of carbonyl (C=O) groups is 2. The third-order valence-corrected chi connectivity index (χ3v) is 3.07. The zero-order valence-electron chi connectivity index (χ0n) is 10.1. The highest BCUT2D eigenvalue weighted by Gasteiger charge is 2.12. The van der Waals surface area contributed by atoms with Crippen LogP contribution in [-0.4, -0.2) is 16.9 Å². The van der Waals surface area contributed by atoms with Gasteiger partial charge in [-0.3, -0.25) is 10.1 Å². The number of imide groups is 1. The molecule has 0 radical (unpaired) electrons. The van der Waals surface area contributed by atoms with Gasteiger partial charge in [-0.05, 0) is 24.3 Å². The summed E-state index contributed by atoms with van der Waals surface area (Å²) in [4.78, 5) is 25.2. The van der Waals surface area contributed by atoms with Crippen molar-refractivity contribution < 1.29 is 9.59 Å². The standard InChI is InChI=1S/C13H9BrN4O2/c14-9-1-2-11-10(4-9)8(6-17-11)3-7(5-15)12(19)18-13(16)20/h1-4,6,17H,(H3,16,18,19,20)/b7-3-. The van der Waals surface area contributed by atoms with Crippen LogP contribution in [0, 0.1) is 11.3 Å². The average molecular weight is 333 g/mol. The van der Waals surface area contributed by atoms with Crippen molar-refractivity contribution in [3.63, 3.8) is 0 Å². The van der Waals surface area contributed by atoms with Crippen molar-refractivity contribution in [1.29, 1.82) is 5.26 Å². The van der Waals surface area contributed by atoms with Crippen LogP contribution in [0.5, 0.6) is 0 Å². The number of nitrogens with one attached hydrogen (secondary N) is 2. The molecular formula is C13H9BrN4O2. The number of H-pyrrole nitrogens is 1. The van der Waals surface area contributed by atoms with Crippen LogP contribution in [0.15, 0.2) is 34.4 Å². The molecule has 20 heavy (non-hydrogen) atoms. The zero-order chi connectivity index (χ0) is 14.7. The Morgan fingerprint density at radius 2 is 2.20 bits per heavy atom. The lowest BCUT2D eigenvalue weighted by Gasteiger charge is -1.98. The molecule has 0 aliphatic heterocycles. The summed E-state index contributed by atoms with van der Waals surface area (Å²) in [6, 6.07) is 6.34. The van der Waals surface area contributed by atoms with E-state index in [-0.39, 0.29) is 5.57 Å². The minimum absolute atomic E-state index is 0.204. The molecule has 1 aromatic carbocycles. The molecule has 0 saturated carbocycles. The van der Waals surface area contributed by atoms with Crippen molar-refractivity contribution in [2.24, 2.45) is 5.73 Å². The molecule has 100 valence electrons. The average Bonchev–Trinajstić information content (AvgIpc) is 2.77. The number of nitriles is 1. The Balaban J connectivity index is 2.45. The van der Waals surface area contributed by atoms with Gasteiger partial charge in [-0.15, -0.1) is 0 Å². The molecule has 0 fully saturated rings. The molecule has 2 aromatic rings. The summed E-state index contributed by atoms with van der Waals surface area (Å²) >= 11 is 3.36. The summed E-state index contributed by atoms with van der Waals surface area (Å²) in [6.45, 7) is 0. The smallest absolute Gasteiger partial charge is 0.319 e. The van der Waals surface area contributed by atoms with E-state index in [2.05, 4.69) is 20.9 Å². The van der Waals surface area contributed by atoms with E-state index in [1.54, 1.807) is 12.3 Å². The molecule has 0 bridgehead atoms. The Morgan fingerprint density at radius 3 is 2.85 bits per heavy atom. The van der Waals surface area contributed by atoms with Crippen LogP contribution in [0.25, 0.3) is 17.0 Å². The van der Waals surface area contributed by atoms with Crippen LogP contribution in [0.2, 0.25) is 0 Å². The molecule has 6 nitrogen and oxygen atoms in total. The summed E-state index contributed by atoms with van der Waals surface area (Å²) in [5.41, 5.74) is 6.18. The molecule has 1 heterocycles. The van der Waals surface area contributed by atoms with Gasteiger partial charge in [0, 0.05) is 27.1 Å². The van der Waals surface area contributed by atoms with Crippen LogP contribution >= 0.6 is 15.9 Å². The van der Waals surface area contributed by atoms with Gasteiger partial charge in [0.1, 0.15) is 11.6 Å². The second-order valence-electron chi connectivity index (χ2n) is 3.92. The Bertz CT molecular complexity index is 770. The molecule has 2 rings (SSSR count). The third-order valence-electron chi connectivity index (χ3n) is 2.58. The summed E-state index contributed by atoms with van der Waals surface area (Å²) in [5, 5.41) is 11.7. The van der Waals surface area contributed by atoms with Gasteiger partial charge in [-0.1, -0.05) is 15.9 Å². The van der Waals surface area contributed by atoms with Crippen molar-refractivity contribution >= 4 is 44.8 Å². The number of aromatic amines is 1. The second-order valence-corrected chi connectivity index (χ2v) is 4.84. The van der Waals surface area contributed by atoms with E-state index in [1.165, 1.54) is 6.08 Å². The highest BCUT2D eigenvalue weighted by atomic mass is 79.9. The lowest BCUT2D eigenvalue weighted by Crippen LogP contribution is -2.35. The molecule has 0 unspecified atom stereocenters. The second kappa shape index (κ2) is 5.59. The van der Waals surface area contributed by atoms with Gasteiger partial charge < -0.3 is 10.7 Å². The van der Waals surface area contributed by atoms with E-state index in [0.29, 0.717) is 5.56 Å². The maximum atomic E-state index is 11.6. The molecule has 4 N–H and O–H groups in total. The Hall–Kier alpha value is -2.59. The topological polar surface area (TPSA) is 112 Å². The normalized spacial score (nSPS) is 11.1. The fourth-order valence-electron chi connectivity index (χ4n) is 1.72. The van der Waals surface area contributed by atoms with E-state index in [4.69, 9.17) is 11.0 Å². The first kappa shape index (κ1) is 13.8. The van der Waals surface area contributed by atoms with Crippen LogP contribution in [0.4, 0.5) is 4.79 Å². The number of aromatic nitrogens is 1. The minimum atomic E-state index is -1.00. The molecule has 0 aliphatic carbocycles. The quantitative estimate of drug-likeness (QED) is 0.577. The number of carbonyl (C=O) groups excluding carboxylic acids is 2. The lowest BCUT2D eigenvalue weighted by molar-refractivity contribution is -0.115. The van der Waals surface area contributed by atoms with Crippen molar-refractivity contribution in [3.05, 3.63) is 40.0 Å². The highest BCUT2D eigenvalue weighted by Crippen LogP contribution is 2.24. The number of primary amides is 1. The SMILES string of the molecule is N#C/C(=C/c1c[nH]c2ccc(Br)cc12)C(=O)NC(N)=O. The highest BCUT2D eigenvalue weighted by molar-refractivity contribution is 9.10.